The summed E-state index contributed by atoms with van der Waals surface area (Å²) < 4.78 is 30.2. The van der Waals surface area contributed by atoms with E-state index in [1.807, 2.05) is 19.9 Å². The van der Waals surface area contributed by atoms with E-state index in [0.29, 0.717) is 17.9 Å². The maximum Gasteiger partial charge on any atom is 0.456 e. The summed E-state index contributed by atoms with van der Waals surface area (Å²) in [6.07, 6.45) is 2.93. The van der Waals surface area contributed by atoms with Gasteiger partial charge < -0.3 is 14.8 Å². The van der Waals surface area contributed by atoms with Crippen molar-refractivity contribution in [3.05, 3.63) is 45.5 Å². The molecule has 26 heavy (non-hydrogen) atoms. The number of halogens is 1. The number of phenolic OH excluding ortho intramolecular Hbond substituents is 1. The summed E-state index contributed by atoms with van der Waals surface area (Å²) in [5.74, 6) is 0.169. The molecule has 8 heteroatoms. The van der Waals surface area contributed by atoms with Crippen LogP contribution >= 0.6 is 11.6 Å². The predicted octanol–water partition coefficient (Wildman–Crippen LogP) is 3.22. The van der Waals surface area contributed by atoms with Crippen LogP contribution < -0.4 is 0 Å². The first-order valence-electron chi connectivity index (χ1n) is 8.57. The lowest BCUT2D eigenvalue weighted by atomic mass is 9.75. The number of fused-ring (bicyclic) bond motifs is 1. The highest BCUT2D eigenvalue weighted by Gasteiger charge is 2.47. The van der Waals surface area contributed by atoms with Crippen molar-refractivity contribution in [3.8, 4) is 5.75 Å². The minimum atomic E-state index is -3.23. The molecule has 2 aliphatic heterocycles. The molecule has 1 aromatic carbocycles. The van der Waals surface area contributed by atoms with Gasteiger partial charge in [-0.25, -0.2) is 8.42 Å². The maximum absolute atomic E-state index is 12.3. The van der Waals surface area contributed by atoms with Crippen molar-refractivity contribution >= 4 is 34.6 Å². The molecule has 0 radical (unpaired) electrons. The third-order valence-corrected chi connectivity index (χ3v) is 7.44. The number of rotatable bonds is 4. The normalized spacial score (nSPS) is 25.5. The lowest BCUT2D eigenvalue weighted by Gasteiger charge is -2.31. The van der Waals surface area contributed by atoms with Crippen LogP contribution in [0.3, 0.4) is 0 Å². The molecule has 0 unspecified atom stereocenters. The first-order chi connectivity index (χ1) is 12.2. The molecule has 0 aliphatic carbocycles. The van der Waals surface area contributed by atoms with E-state index in [0.717, 1.165) is 22.3 Å². The third kappa shape index (κ3) is 4.01. The minimum absolute atomic E-state index is 0.0531. The smallest absolute Gasteiger partial charge is 0.456 e. The molecule has 0 bridgehead atoms. The highest BCUT2D eigenvalue weighted by atomic mass is 35.5. The monoisotopic (exact) mass is 396 g/mol. The SMILES string of the molecule is CC1=C2[C@@H](CC/C(C)=C/c3ccc(O)cc3Cl)OB(O)C[C@@H]2S(=O)(=O)C1. The van der Waals surface area contributed by atoms with Crippen LogP contribution in [0.15, 0.2) is 34.9 Å². The Morgan fingerprint density at radius 1 is 1.46 bits per heavy atom. The first kappa shape index (κ1) is 19.5. The highest BCUT2D eigenvalue weighted by Crippen LogP contribution is 2.39. The van der Waals surface area contributed by atoms with E-state index in [1.165, 1.54) is 6.07 Å². The molecule has 0 aromatic heterocycles. The summed E-state index contributed by atoms with van der Waals surface area (Å²) in [4.78, 5) is 0. The molecule has 140 valence electrons. The van der Waals surface area contributed by atoms with Gasteiger partial charge in [-0.2, -0.15) is 0 Å². The van der Waals surface area contributed by atoms with Crippen molar-refractivity contribution in [3.63, 3.8) is 0 Å². The first-order valence-corrected chi connectivity index (χ1v) is 10.7. The second-order valence-corrected chi connectivity index (χ2v) is 9.67. The lowest BCUT2D eigenvalue weighted by molar-refractivity contribution is 0.170. The fourth-order valence-corrected chi connectivity index (χ4v) is 6.16. The lowest BCUT2D eigenvalue weighted by Crippen LogP contribution is -2.41. The molecular formula is C18H22BClO5S. The van der Waals surface area contributed by atoms with Crippen LogP contribution in [-0.2, 0) is 14.5 Å². The van der Waals surface area contributed by atoms with Gasteiger partial charge in [0.15, 0.2) is 9.84 Å². The van der Waals surface area contributed by atoms with Crippen molar-refractivity contribution < 1.29 is 23.2 Å². The van der Waals surface area contributed by atoms with Gasteiger partial charge in [-0.1, -0.05) is 28.8 Å². The van der Waals surface area contributed by atoms with Crippen molar-refractivity contribution in [2.75, 3.05) is 5.75 Å². The average Bonchev–Trinajstić information content (AvgIpc) is 2.77. The molecule has 1 fully saturated rings. The number of hydrogen-bond donors (Lipinski definition) is 2. The van der Waals surface area contributed by atoms with Crippen molar-refractivity contribution in [2.24, 2.45) is 0 Å². The van der Waals surface area contributed by atoms with Gasteiger partial charge in [0.1, 0.15) is 5.75 Å². The summed E-state index contributed by atoms with van der Waals surface area (Å²) in [7, 11) is -4.28. The molecule has 2 N–H and O–H groups in total. The fourth-order valence-electron chi connectivity index (χ4n) is 3.76. The Bertz CT molecular complexity index is 878. The summed E-state index contributed by atoms with van der Waals surface area (Å²) >= 11 is 6.13. The quantitative estimate of drug-likeness (QED) is 0.603. The number of phenols is 1. The Labute approximate surface area is 159 Å². The Kier molecular flexibility index (Phi) is 5.54. The summed E-state index contributed by atoms with van der Waals surface area (Å²) in [6, 6.07) is 4.81. The Balaban J connectivity index is 1.74. The molecule has 3 rings (SSSR count). The zero-order chi connectivity index (χ0) is 19.1. The zero-order valence-electron chi connectivity index (χ0n) is 14.8. The molecule has 2 heterocycles. The van der Waals surface area contributed by atoms with E-state index >= 15 is 0 Å². The van der Waals surface area contributed by atoms with E-state index in [-0.39, 0.29) is 23.9 Å². The average molecular weight is 397 g/mol. The van der Waals surface area contributed by atoms with Gasteiger partial charge in [0.25, 0.3) is 0 Å². The molecule has 1 aromatic rings. The van der Waals surface area contributed by atoms with Gasteiger partial charge in [-0.15, -0.1) is 0 Å². The Morgan fingerprint density at radius 2 is 2.19 bits per heavy atom. The fraction of sp³-hybridized carbons (Fsp3) is 0.444. The van der Waals surface area contributed by atoms with E-state index < -0.39 is 22.2 Å². The van der Waals surface area contributed by atoms with E-state index in [4.69, 9.17) is 16.3 Å². The van der Waals surface area contributed by atoms with E-state index in [1.54, 1.807) is 12.1 Å². The molecule has 0 amide bonds. The topological polar surface area (TPSA) is 83.8 Å². The van der Waals surface area contributed by atoms with Crippen molar-refractivity contribution in [1.29, 1.82) is 0 Å². The van der Waals surface area contributed by atoms with Crippen LogP contribution in [0.25, 0.3) is 6.08 Å². The standard InChI is InChI=1S/C18H22BClO5S/c1-11(7-13-4-5-14(21)8-15(13)20)3-6-16-18-12(2)10-26(23,24)17(18)9-19(22)25-16/h4-5,7-8,16-17,21-22H,3,6,9-10H2,1-2H3/b11-7+/t16-,17+/m1/s1. The number of benzene rings is 1. The molecule has 2 atom stereocenters. The number of sulfone groups is 1. The van der Waals surface area contributed by atoms with E-state index in [2.05, 4.69) is 0 Å². The van der Waals surface area contributed by atoms with Crippen LogP contribution in [0.1, 0.15) is 32.3 Å². The van der Waals surface area contributed by atoms with Crippen LogP contribution in [-0.4, -0.2) is 42.8 Å². The summed E-state index contributed by atoms with van der Waals surface area (Å²) in [6.45, 7) is 3.80. The van der Waals surface area contributed by atoms with E-state index in [9.17, 15) is 18.5 Å². The highest BCUT2D eigenvalue weighted by molar-refractivity contribution is 7.92. The third-order valence-electron chi connectivity index (χ3n) is 4.96. The van der Waals surface area contributed by atoms with Gasteiger partial charge >= 0.3 is 7.12 Å². The van der Waals surface area contributed by atoms with Crippen LogP contribution in [0.5, 0.6) is 5.75 Å². The van der Waals surface area contributed by atoms with Gasteiger partial charge in [-0.3, -0.25) is 0 Å². The molecule has 5 nitrogen and oxygen atoms in total. The van der Waals surface area contributed by atoms with Crippen LogP contribution in [0.2, 0.25) is 11.3 Å². The molecule has 1 saturated heterocycles. The Hall–Kier alpha value is -1.28. The zero-order valence-corrected chi connectivity index (χ0v) is 16.3. The number of allylic oxidation sites excluding steroid dienone is 1. The summed E-state index contributed by atoms with van der Waals surface area (Å²) in [5.41, 5.74) is 3.53. The van der Waals surface area contributed by atoms with Crippen molar-refractivity contribution in [1.82, 2.24) is 0 Å². The summed E-state index contributed by atoms with van der Waals surface area (Å²) in [5, 5.41) is 19.2. The molecular weight excluding hydrogens is 375 g/mol. The van der Waals surface area contributed by atoms with Gasteiger partial charge in [0, 0.05) is 6.32 Å². The second-order valence-electron chi connectivity index (χ2n) is 7.08. The van der Waals surface area contributed by atoms with Gasteiger partial charge in [0.2, 0.25) is 0 Å². The Morgan fingerprint density at radius 3 is 2.88 bits per heavy atom. The van der Waals surface area contributed by atoms with Crippen LogP contribution in [0.4, 0.5) is 0 Å². The number of hydrogen-bond acceptors (Lipinski definition) is 5. The number of aromatic hydroxyl groups is 1. The second kappa shape index (κ2) is 7.39. The molecule has 0 spiro atoms. The van der Waals surface area contributed by atoms with Gasteiger partial charge in [0.05, 0.1) is 22.1 Å². The largest absolute Gasteiger partial charge is 0.508 e. The maximum atomic E-state index is 12.3. The molecule has 2 aliphatic rings. The van der Waals surface area contributed by atoms with Gasteiger partial charge in [-0.05, 0) is 56.0 Å². The van der Waals surface area contributed by atoms with Crippen molar-refractivity contribution in [2.45, 2.75) is 44.4 Å². The molecule has 0 saturated carbocycles. The van der Waals surface area contributed by atoms with Crippen LogP contribution in [0, 0.1) is 0 Å². The minimum Gasteiger partial charge on any atom is -0.508 e. The predicted molar refractivity (Wildman–Crippen MR) is 104 cm³/mol.